The highest BCUT2D eigenvalue weighted by molar-refractivity contribution is 5.81. The fourth-order valence-electron chi connectivity index (χ4n) is 5.26. The predicted molar refractivity (Wildman–Crippen MR) is 96.7 cm³/mol. The third-order valence-corrected chi connectivity index (χ3v) is 6.57. The van der Waals surface area contributed by atoms with Gasteiger partial charge in [0.05, 0.1) is 12.7 Å². The largest absolute Gasteiger partial charge is 0.497 e. The van der Waals surface area contributed by atoms with Crippen LogP contribution < -0.4 is 4.74 Å². The van der Waals surface area contributed by atoms with Gasteiger partial charge in [-0.15, -0.1) is 0 Å². The van der Waals surface area contributed by atoms with Crippen molar-refractivity contribution in [1.29, 1.82) is 0 Å². The number of aryl methyl sites for hydroxylation is 1. The first-order chi connectivity index (χ1) is 11.8. The number of methoxy groups -OCH3 is 1. The Morgan fingerprint density at radius 2 is 1.96 bits per heavy atom. The molecule has 1 atom stereocenters. The summed E-state index contributed by atoms with van der Waals surface area (Å²) in [6, 6.07) is 6.53. The van der Waals surface area contributed by atoms with Gasteiger partial charge in [0.2, 0.25) is 5.91 Å². The lowest BCUT2D eigenvalue weighted by molar-refractivity contribution is -0.161. The Kier molecular flexibility index (Phi) is 3.87. The van der Waals surface area contributed by atoms with Gasteiger partial charge < -0.3 is 14.7 Å². The topological polar surface area (TPSA) is 49.8 Å². The summed E-state index contributed by atoms with van der Waals surface area (Å²) in [6.07, 6.45) is 4.83. The quantitative estimate of drug-likeness (QED) is 0.916. The van der Waals surface area contributed by atoms with Crippen molar-refractivity contribution >= 4 is 5.91 Å². The highest BCUT2D eigenvalue weighted by Gasteiger charge is 2.53. The van der Waals surface area contributed by atoms with Crippen LogP contribution in [0.1, 0.15) is 56.1 Å². The number of amides is 1. The van der Waals surface area contributed by atoms with Gasteiger partial charge in [0.25, 0.3) is 0 Å². The lowest BCUT2D eigenvalue weighted by Crippen LogP contribution is -2.61. The Hall–Kier alpha value is -1.55. The van der Waals surface area contributed by atoms with E-state index >= 15 is 0 Å². The second-order valence-electron chi connectivity index (χ2n) is 9.02. The third-order valence-electron chi connectivity index (χ3n) is 6.57. The molecule has 0 aromatic heterocycles. The molecule has 1 aromatic rings. The van der Waals surface area contributed by atoms with E-state index in [4.69, 9.17) is 4.74 Å². The van der Waals surface area contributed by atoms with E-state index in [-0.39, 0.29) is 11.8 Å². The number of aliphatic hydroxyl groups is 1. The molecular weight excluding hydrogens is 314 g/mol. The zero-order valence-corrected chi connectivity index (χ0v) is 15.5. The van der Waals surface area contributed by atoms with Crippen LogP contribution in [-0.4, -0.2) is 41.7 Å². The standard InChI is InChI=1S/C21H29NO3/c1-14-6-16(8-18(7-14)25-3)15-4-5-21(11-15)12-22(13-21)19(23)17-9-20(2,24)10-17/h6-8,15,17,24H,4-5,9-13H2,1-3H3/t15-,17?,20?/m1/s1. The fourth-order valence-corrected chi connectivity index (χ4v) is 5.26. The van der Waals surface area contributed by atoms with Crippen molar-refractivity contribution in [3.63, 3.8) is 0 Å². The van der Waals surface area contributed by atoms with Gasteiger partial charge in [-0.2, -0.15) is 0 Å². The highest BCUT2D eigenvalue weighted by Crippen LogP contribution is 2.53. The normalized spacial score (nSPS) is 33.0. The maximum absolute atomic E-state index is 12.5. The van der Waals surface area contributed by atoms with Crippen LogP contribution in [-0.2, 0) is 4.79 Å². The van der Waals surface area contributed by atoms with Gasteiger partial charge in [-0.3, -0.25) is 4.79 Å². The molecule has 1 aromatic carbocycles. The predicted octanol–water partition coefficient (Wildman–Crippen LogP) is 3.26. The van der Waals surface area contributed by atoms with E-state index in [0.29, 0.717) is 24.2 Å². The van der Waals surface area contributed by atoms with Gasteiger partial charge in [0, 0.05) is 24.4 Å². The Morgan fingerprint density at radius 1 is 1.24 bits per heavy atom. The van der Waals surface area contributed by atoms with Crippen molar-refractivity contribution in [2.24, 2.45) is 11.3 Å². The molecule has 1 aliphatic heterocycles. The molecule has 25 heavy (non-hydrogen) atoms. The van der Waals surface area contributed by atoms with Crippen molar-refractivity contribution in [3.8, 4) is 5.75 Å². The summed E-state index contributed by atoms with van der Waals surface area (Å²) >= 11 is 0. The maximum atomic E-state index is 12.5. The number of benzene rings is 1. The average Bonchev–Trinajstić information content (AvgIpc) is 2.95. The van der Waals surface area contributed by atoms with E-state index in [1.165, 1.54) is 30.4 Å². The molecule has 1 saturated heterocycles. The number of hydrogen-bond donors (Lipinski definition) is 1. The van der Waals surface area contributed by atoms with Crippen LogP contribution in [0.4, 0.5) is 0 Å². The summed E-state index contributed by atoms with van der Waals surface area (Å²) in [5, 5.41) is 9.85. The summed E-state index contributed by atoms with van der Waals surface area (Å²) in [5.74, 6) is 1.83. The fraction of sp³-hybridized carbons (Fsp3) is 0.667. The zero-order valence-electron chi connectivity index (χ0n) is 15.5. The molecule has 0 bridgehead atoms. The summed E-state index contributed by atoms with van der Waals surface area (Å²) < 4.78 is 5.42. The third kappa shape index (κ3) is 3.05. The zero-order chi connectivity index (χ0) is 17.8. The van der Waals surface area contributed by atoms with Crippen LogP contribution in [0, 0.1) is 18.3 Å². The van der Waals surface area contributed by atoms with Crippen LogP contribution in [0.3, 0.4) is 0 Å². The van der Waals surface area contributed by atoms with Crippen LogP contribution in [0.15, 0.2) is 18.2 Å². The number of rotatable bonds is 3. The van der Waals surface area contributed by atoms with E-state index in [1.54, 1.807) is 7.11 Å². The van der Waals surface area contributed by atoms with Crippen molar-refractivity contribution in [2.75, 3.05) is 20.2 Å². The van der Waals surface area contributed by atoms with Gasteiger partial charge in [0.15, 0.2) is 0 Å². The van der Waals surface area contributed by atoms with E-state index in [9.17, 15) is 9.90 Å². The van der Waals surface area contributed by atoms with Crippen LogP contribution >= 0.6 is 0 Å². The second kappa shape index (κ2) is 5.73. The van der Waals surface area contributed by atoms with Gasteiger partial charge in [0.1, 0.15) is 5.75 Å². The molecule has 4 nitrogen and oxygen atoms in total. The van der Waals surface area contributed by atoms with E-state index in [1.807, 2.05) is 11.8 Å². The first-order valence-corrected chi connectivity index (χ1v) is 9.46. The molecule has 4 heteroatoms. The number of ether oxygens (including phenoxy) is 1. The minimum Gasteiger partial charge on any atom is -0.497 e. The molecule has 3 aliphatic rings. The summed E-state index contributed by atoms with van der Waals surface area (Å²) in [4.78, 5) is 14.5. The minimum absolute atomic E-state index is 0.0468. The molecule has 0 unspecified atom stereocenters. The van der Waals surface area contributed by atoms with Crippen molar-refractivity contribution in [2.45, 2.75) is 57.5 Å². The van der Waals surface area contributed by atoms with Crippen LogP contribution in [0.5, 0.6) is 5.75 Å². The lowest BCUT2D eigenvalue weighted by atomic mass is 9.69. The van der Waals surface area contributed by atoms with Crippen LogP contribution in [0.2, 0.25) is 0 Å². The van der Waals surface area contributed by atoms with Gasteiger partial charge >= 0.3 is 0 Å². The smallest absolute Gasteiger partial charge is 0.225 e. The molecule has 3 fully saturated rings. The van der Waals surface area contributed by atoms with Crippen molar-refractivity contribution in [1.82, 2.24) is 4.90 Å². The molecule has 1 N–H and O–H groups in total. The van der Waals surface area contributed by atoms with Gasteiger partial charge in [-0.05, 0) is 75.1 Å². The number of carbonyl (C=O) groups excluding carboxylic acids is 1. The molecule has 4 rings (SSSR count). The molecular formula is C21H29NO3. The Balaban J connectivity index is 1.36. The van der Waals surface area contributed by atoms with E-state index < -0.39 is 5.60 Å². The Labute approximate surface area is 150 Å². The maximum Gasteiger partial charge on any atom is 0.225 e. The van der Waals surface area contributed by atoms with E-state index in [0.717, 1.165) is 18.8 Å². The molecule has 2 saturated carbocycles. The first kappa shape index (κ1) is 16.9. The molecule has 136 valence electrons. The second-order valence-corrected chi connectivity index (χ2v) is 9.02. The van der Waals surface area contributed by atoms with Gasteiger partial charge in [-0.25, -0.2) is 0 Å². The first-order valence-electron chi connectivity index (χ1n) is 9.46. The summed E-state index contributed by atoms with van der Waals surface area (Å²) in [7, 11) is 1.72. The van der Waals surface area contributed by atoms with Gasteiger partial charge in [-0.1, -0.05) is 6.07 Å². The SMILES string of the molecule is COc1cc(C)cc([C@@H]2CCC3(C2)CN(C(=O)C2CC(C)(O)C2)C3)c1. The molecule has 1 heterocycles. The monoisotopic (exact) mass is 343 g/mol. The van der Waals surface area contributed by atoms with Crippen LogP contribution in [0.25, 0.3) is 0 Å². The number of hydrogen-bond acceptors (Lipinski definition) is 3. The van der Waals surface area contributed by atoms with Crippen molar-refractivity contribution in [3.05, 3.63) is 29.3 Å². The summed E-state index contributed by atoms with van der Waals surface area (Å²) in [5.41, 5.74) is 2.33. The molecule has 0 radical (unpaired) electrons. The van der Waals surface area contributed by atoms with E-state index in [2.05, 4.69) is 25.1 Å². The minimum atomic E-state index is -0.619. The summed E-state index contributed by atoms with van der Waals surface area (Å²) in [6.45, 7) is 5.76. The molecule has 1 amide bonds. The Bertz CT molecular complexity index is 682. The molecule has 1 spiro atoms. The number of nitrogens with zero attached hydrogens (tertiary/aromatic N) is 1. The molecule has 2 aliphatic carbocycles. The average molecular weight is 343 g/mol. The van der Waals surface area contributed by atoms with Crippen molar-refractivity contribution < 1.29 is 14.6 Å². The highest BCUT2D eigenvalue weighted by atomic mass is 16.5. The number of carbonyl (C=O) groups is 1. The lowest BCUT2D eigenvalue weighted by Gasteiger charge is -2.52. The number of likely N-dealkylation sites (tertiary alicyclic amines) is 1. The Morgan fingerprint density at radius 3 is 2.60 bits per heavy atom.